The summed E-state index contributed by atoms with van der Waals surface area (Å²) in [5, 5.41) is 45.8. The number of pyridine rings is 1. The molecule has 4 atom stereocenters. The van der Waals surface area contributed by atoms with Gasteiger partial charge in [0, 0.05) is 11.9 Å². The number of nitrogen functional groups attached to an aromatic ring is 1. The van der Waals surface area contributed by atoms with Crippen molar-refractivity contribution in [2.75, 3.05) is 11.1 Å². The van der Waals surface area contributed by atoms with Gasteiger partial charge in [0.1, 0.15) is 35.7 Å². The average molecular weight is 693 g/mol. The van der Waals surface area contributed by atoms with E-state index in [0.717, 1.165) is 16.7 Å². The molecule has 0 spiro atoms. The summed E-state index contributed by atoms with van der Waals surface area (Å²) < 4.78 is 0. The third-order valence-corrected chi connectivity index (χ3v) is 6.48. The van der Waals surface area contributed by atoms with E-state index < -0.39 is 48.0 Å². The second kappa shape index (κ2) is 22.5. The maximum Gasteiger partial charge on any atom is 0.325 e. The van der Waals surface area contributed by atoms with Gasteiger partial charge in [-0.25, -0.2) is 4.98 Å². The van der Waals surface area contributed by atoms with Crippen LogP contribution in [0.5, 0.6) is 5.75 Å². The van der Waals surface area contributed by atoms with Crippen molar-refractivity contribution in [3.63, 3.8) is 0 Å². The Labute approximate surface area is 289 Å². The molecule has 0 aliphatic heterocycles. The Morgan fingerprint density at radius 2 is 1.00 bits per heavy atom. The van der Waals surface area contributed by atoms with Crippen molar-refractivity contribution < 1.29 is 44.7 Å². The summed E-state index contributed by atoms with van der Waals surface area (Å²) in [6.07, 6.45) is 2.60. The van der Waals surface area contributed by atoms with Gasteiger partial charge in [-0.05, 0) is 79.3 Å². The fourth-order valence-corrected chi connectivity index (χ4v) is 3.66. The van der Waals surface area contributed by atoms with Crippen LogP contribution in [-0.4, -0.2) is 78.6 Å². The molecule has 1 heterocycles. The van der Waals surface area contributed by atoms with E-state index in [4.69, 9.17) is 48.5 Å². The lowest BCUT2D eigenvalue weighted by Gasteiger charge is -2.08. The van der Waals surface area contributed by atoms with Gasteiger partial charge in [-0.2, -0.15) is 0 Å². The number of hydrogen-bond donors (Lipinski definition) is 10. The van der Waals surface area contributed by atoms with Crippen LogP contribution in [0.25, 0.3) is 0 Å². The predicted octanol–water partition coefficient (Wildman–Crippen LogP) is 2.18. The highest BCUT2D eigenvalue weighted by Crippen LogP contribution is 2.11. The molecular formula is C35H44N6O9. The molecule has 0 aliphatic rings. The first-order chi connectivity index (χ1) is 23.6. The summed E-state index contributed by atoms with van der Waals surface area (Å²) in [4.78, 5) is 45.5. The summed E-state index contributed by atoms with van der Waals surface area (Å²) in [5.74, 6) is -3.12. The molecule has 268 valence electrons. The molecule has 4 aromatic rings. The molecule has 1 aromatic heterocycles. The lowest BCUT2D eigenvalue weighted by molar-refractivity contribution is -0.139. The number of aromatic hydroxyl groups is 1. The molecule has 50 heavy (non-hydrogen) atoms. The Morgan fingerprint density at radius 1 is 0.600 bits per heavy atom. The minimum Gasteiger partial charge on any atom is -0.508 e. The van der Waals surface area contributed by atoms with Gasteiger partial charge in [-0.3, -0.25) is 19.2 Å². The molecule has 0 saturated carbocycles. The first-order valence-corrected chi connectivity index (χ1v) is 15.1. The van der Waals surface area contributed by atoms with Gasteiger partial charge < -0.3 is 53.8 Å². The van der Waals surface area contributed by atoms with Gasteiger partial charge in [0.05, 0.1) is 0 Å². The number of carboxylic acid groups (broad SMARTS) is 4. The Balaban J connectivity index is 0.000000334. The second-order valence-corrected chi connectivity index (χ2v) is 10.8. The van der Waals surface area contributed by atoms with Gasteiger partial charge in [0.25, 0.3) is 0 Å². The van der Waals surface area contributed by atoms with E-state index >= 15 is 0 Å². The molecule has 0 bridgehead atoms. The van der Waals surface area contributed by atoms with Gasteiger partial charge in [-0.1, -0.05) is 60.7 Å². The molecule has 0 fully saturated rings. The summed E-state index contributed by atoms with van der Waals surface area (Å²) in [6, 6.07) is 24.8. The smallest absolute Gasteiger partial charge is 0.325 e. The van der Waals surface area contributed by atoms with Crippen LogP contribution in [0.2, 0.25) is 0 Å². The fraction of sp³-hybridized carbons (Fsp3) is 0.229. The number of phenolic OH excluding ortho intramolecular Hbond substituents is 1. The van der Waals surface area contributed by atoms with Gasteiger partial charge in [0.2, 0.25) is 0 Å². The van der Waals surface area contributed by atoms with Gasteiger partial charge in [-0.15, -0.1) is 0 Å². The van der Waals surface area contributed by atoms with Crippen molar-refractivity contribution in [2.45, 2.75) is 50.4 Å². The Hall–Kier alpha value is -6.03. The lowest BCUT2D eigenvalue weighted by atomic mass is 10.1. The number of nitrogens with zero attached hydrogens (tertiary/aromatic N) is 1. The number of aliphatic carboxylic acids is 4. The molecular weight excluding hydrogens is 648 g/mol. The van der Waals surface area contributed by atoms with Crippen LogP contribution in [0.3, 0.4) is 0 Å². The molecule has 3 aromatic carbocycles. The number of carboxylic acids is 4. The highest BCUT2D eigenvalue weighted by atomic mass is 16.4. The highest BCUT2D eigenvalue weighted by molar-refractivity contribution is 5.76. The lowest BCUT2D eigenvalue weighted by Crippen LogP contribution is -2.32. The van der Waals surface area contributed by atoms with E-state index in [9.17, 15) is 19.2 Å². The second-order valence-electron chi connectivity index (χ2n) is 10.8. The van der Waals surface area contributed by atoms with Crippen LogP contribution in [0.1, 0.15) is 23.6 Å². The van der Waals surface area contributed by atoms with Crippen LogP contribution in [0.15, 0.2) is 103 Å². The zero-order valence-corrected chi connectivity index (χ0v) is 27.4. The molecule has 4 rings (SSSR count). The average Bonchev–Trinajstić information content (AvgIpc) is 3.08. The minimum absolute atomic E-state index is 0.160. The van der Waals surface area contributed by atoms with E-state index in [1.165, 1.54) is 12.1 Å². The summed E-state index contributed by atoms with van der Waals surface area (Å²) >= 11 is 0. The molecule has 0 radical (unpaired) electrons. The van der Waals surface area contributed by atoms with Crippen molar-refractivity contribution in [2.24, 2.45) is 17.2 Å². The van der Waals surface area contributed by atoms with Crippen molar-refractivity contribution in [1.82, 2.24) is 4.98 Å². The largest absolute Gasteiger partial charge is 0.508 e. The summed E-state index contributed by atoms with van der Waals surface area (Å²) in [6.45, 7) is 1.57. The van der Waals surface area contributed by atoms with Crippen LogP contribution < -0.4 is 28.3 Å². The molecule has 14 N–H and O–H groups in total. The van der Waals surface area contributed by atoms with Crippen LogP contribution in [0, 0.1) is 0 Å². The molecule has 15 heteroatoms. The van der Waals surface area contributed by atoms with E-state index in [1.807, 2.05) is 30.3 Å². The first kappa shape index (κ1) is 42.0. The summed E-state index contributed by atoms with van der Waals surface area (Å²) in [5.41, 5.74) is 24.8. The SMILES string of the molecule is CC(Nc1ccccn1)C(=O)O.NC(Cc1ccc(O)cc1)C(=O)O.NC(Cc1ccccc1)C(=O)O.Nc1ccc(CC(N)C(=O)O)cc1. The van der Waals surface area contributed by atoms with Crippen molar-refractivity contribution in [1.29, 1.82) is 0 Å². The first-order valence-electron chi connectivity index (χ1n) is 15.1. The third kappa shape index (κ3) is 18.3. The number of anilines is 2. The topological polar surface area (TPSA) is 298 Å². The number of rotatable bonds is 12. The van der Waals surface area contributed by atoms with Crippen molar-refractivity contribution >= 4 is 35.4 Å². The van der Waals surface area contributed by atoms with Crippen molar-refractivity contribution in [3.05, 3.63) is 120 Å². The Kier molecular flexibility index (Phi) is 18.9. The monoisotopic (exact) mass is 692 g/mol. The van der Waals surface area contributed by atoms with E-state index in [1.54, 1.807) is 67.7 Å². The van der Waals surface area contributed by atoms with Crippen LogP contribution in [-0.2, 0) is 38.4 Å². The predicted molar refractivity (Wildman–Crippen MR) is 188 cm³/mol. The zero-order chi connectivity index (χ0) is 37.6. The quantitative estimate of drug-likeness (QED) is 0.0952. The van der Waals surface area contributed by atoms with E-state index in [2.05, 4.69) is 10.3 Å². The maximum absolute atomic E-state index is 10.4. The number of carbonyl (C=O) groups is 4. The minimum atomic E-state index is -1.02. The third-order valence-electron chi connectivity index (χ3n) is 6.48. The van der Waals surface area contributed by atoms with E-state index in [-0.39, 0.29) is 12.2 Å². The molecule has 0 aliphatic carbocycles. The fourth-order valence-electron chi connectivity index (χ4n) is 3.66. The normalized spacial score (nSPS) is 12.3. The van der Waals surface area contributed by atoms with Gasteiger partial charge >= 0.3 is 23.9 Å². The van der Waals surface area contributed by atoms with Crippen molar-refractivity contribution in [3.8, 4) is 5.75 Å². The van der Waals surface area contributed by atoms with Gasteiger partial charge in [0.15, 0.2) is 0 Å². The number of phenols is 1. The zero-order valence-electron chi connectivity index (χ0n) is 27.4. The number of hydrogen-bond acceptors (Lipinski definition) is 11. The molecule has 0 amide bonds. The molecule has 0 saturated heterocycles. The number of benzene rings is 3. The summed E-state index contributed by atoms with van der Waals surface area (Å²) in [7, 11) is 0. The Morgan fingerprint density at radius 3 is 1.38 bits per heavy atom. The maximum atomic E-state index is 10.4. The number of nitrogens with one attached hydrogen (secondary N) is 1. The van der Waals surface area contributed by atoms with Crippen LogP contribution in [0.4, 0.5) is 11.5 Å². The highest BCUT2D eigenvalue weighted by Gasteiger charge is 2.13. The standard InChI is InChI=1S/C9H12N2O2.C9H11NO3.C9H11NO2.C8H10N2O2/c10-7-3-1-6(2-4-7)5-8(11)9(12)13;10-8(9(12)13)5-6-1-3-7(11)4-2-6;10-8(9(11)12)6-7-4-2-1-3-5-7;1-6(8(11)12)10-7-4-2-3-5-9-7/h1-4,8H,5,10-11H2,(H,12,13);1-4,8,11H,5,10H2,(H,12,13);1-5,8H,6,10H2,(H,11,12);2-6H,1H3,(H,9,10)(H,11,12). The Bertz CT molecular complexity index is 1470. The van der Waals surface area contributed by atoms with E-state index in [0.29, 0.717) is 24.3 Å². The number of aromatic nitrogens is 1. The molecule has 15 nitrogen and oxygen atoms in total. The van der Waals surface area contributed by atoms with Crippen LogP contribution >= 0.6 is 0 Å². The number of nitrogens with two attached hydrogens (primary N) is 4. The molecule has 4 unspecified atom stereocenters.